The van der Waals surface area contributed by atoms with Crippen LogP contribution in [0.1, 0.15) is 55.6 Å². The van der Waals surface area contributed by atoms with Crippen LogP contribution in [0.25, 0.3) is 0 Å². The molecule has 9 heteroatoms. The molecule has 1 N–H and O–H groups in total. The lowest BCUT2D eigenvalue weighted by Gasteiger charge is -2.21. The Morgan fingerprint density at radius 3 is 2.82 bits per heavy atom. The van der Waals surface area contributed by atoms with Crippen molar-refractivity contribution in [1.82, 2.24) is 25.2 Å². The lowest BCUT2D eigenvalue weighted by Crippen LogP contribution is -2.13. The average Bonchev–Trinajstić information content (AvgIpc) is 3.28. The molecule has 8 nitrogen and oxygen atoms in total. The van der Waals surface area contributed by atoms with Crippen LogP contribution in [0.2, 0.25) is 0 Å². The number of aryl methyl sites for hydroxylation is 1. The molecule has 1 fully saturated rings. The molecule has 2 aromatic heterocycles. The highest BCUT2D eigenvalue weighted by Gasteiger charge is 2.16. The largest absolute Gasteiger partial charge is 0.389 e. The van der Waals surface area contributed by atoms with Crippen LogP contribution in [0.5, 0.6) is 0 Å². The topological polar surface area (TPSA) is 90.1 Å². The molecule has 3 aromatic rings. The van der Waals surface area contributed by atoms with Crippen LogP contribution in [0, 0.1) is 5.92 Å². The molecule has 1 aliphatic carbocycles. The maximum Gasteiger partial charge on any atom is 0.204 e. The molecule has 1 saturated carbocycles. The van der Waals surface area contributed by atoms with Crippen LogP contribution >= 0.6 is 11.8 Å². The second-order valence-corrected chi connectivity index (χ2v) is 9.18. The molecule has 1 aliphatic rings. The van der Waals surface area contributed by atoms with Gasteiger partial charge < -0.3 is 10.2 Å². The molecule has 1 aromatic carbocycles. The molecule has 33 heavy (non-hydrogen) atoms. The standard InChI is InChI=1S/C24H31N7OS/c1-31-24(27-29-30-31)23(19-10-6-12-21(16-19)33-2)28-32-17-20-11-7-13-22(26-20)25-15-14-18-8-4-3-5-9-18/h6-7,10-13,16,18H,3-5,8-9,14-15,17H2,1-2H3,(H,25,26). The van der Waals surface area contributed by atoms with E-state index >= 15 is 0 Å². The molecule has 2 heterocycles. The highest BCUT2D eigenvalue weighted by molar-refractivity contribution is 7.98. The van der Waals surface area contributed by atoms with Crippen molar-refractivity contribution in [2.75, 3.05) is 18.1 Å². The van der Waals surface area contributed by atoms with Crippen molar-refractivity contribution in [3.63, 3.8) is 0 Å². The molecule has 0 spiro atoms. The summed E-state index contributed by atoms with van der Waals surface area (Å²) in [5.74, 6) is 2.27. The van der Waals surface area contributed by atoms with E-state index in [9.17, 15) is 0 Å². The van der Waals surface area contributed by atoms with E-state index in [-0.39, 0.29) is 6.61 Å². The summed E-state index contributed by atoms with van der Waals surface area (Å²) < 4.78 is 1.59. The van der Waals surface area contributed by atoms with Crippen LogP contribution in [-0.2, 0) is 18.5 Å². The first-order valence-electron chi connectivity index (χ1n) is 11.5. The van der Waals surface area contributed by atoms with Gasteiger partial charge in [-0.05, 0) is 53.3 Å². The summed E-state index contributed by atoms with van der Waals surface area (Å²) in [6, 6.07) is 14.0. The van der Waals surface area contributed by atoms with Crippen molar-refractivity contribution in [1.29, 1.82) is 0 Å². The maximum atomic E-state index is 5.73. The smallest absolute Gasteiger partial charge is 0.204 e. The summed E-state index contributed by atoms with van der Waals surface area (Å²) >= 11 is 1.67. The lowest BCUT2D eigenvalue weighted by molar-refractivity contribution is 0.128. The van der Waals surface area contributed by atoms with Gasteiger partial charge >= 0.3 is 0 Å². The van der Waals surface area contributed by atoms with E-state index in [0.717, 1.165) is 34.4 Å². The van der Waals surface area contributed by atoms with Gasteiger partial charge in [0.15, 0.2) is 12.3 Å². The lowest BCUT2D eigenvalue weighted by atomic mass is 9.87. The van der Waals surface area contributed by atoms with Crippen molar-refractivity contribution >= 4 is 23.3 Å². The molecular weight excluding hydrogens is 434 g/mol. The predicted molar refractivity (Wildman–Crippen MR) is 131 cm³/mol. The van der Waals surface area contributed by atoms with Crippen molar-refractivity contribution in [3.05, 3.63) is 59.5 Å². The Balaban J connectivity index is 1.40. The highest BCUT2D eigenvalue weighted by atomic mass is 32.2. The van der Waals surface area contributed by atoms with Gasteiger partial charge in [-0.25, -0.2) is 9.67 Å². The van der Waals surface area contributed by atoms with E-state index in [4.69, 9.17) is 4.84 Å². The van der Waals surface area contributed by atoms with Gasteiger partial charge in [-0.1, -0.05) is 55.5 Å². The SMILES string of the molecule is CSc1cccc(C(=NOCc2cccc(NCCC3CCCCC3)n2)c2nnnn2C)c1. The minimum atomic E-state index is 0.259. The van der Waals surface area contributed by atoms with Gasteiger partial charge in [-0.3, -0.25) is 0 Å². The first kappa shape index (κ1) is 23.2. The zero-order valence-corrected chi connectivity index (χ0v) is 20.1. The number of pyridine rings is 1. The first-order chi connectivity index (χ1) is 16.2. The Bertz CT molecular complexity index is 1060. The molecule has 0 radical (unpaired) electrons. The number of hydrogen-bond acceptors (Lipinski definition) is 8. The molecule has 0 saturated heterocycles. The second kappa shape index (κ2) is 11.8. The summed E-state index contributed by atoms with van der Waals surface area (Å²) in [4.78, 5) is 11.5. The third-order valence-electron chi connectivity index (χ3n) is 5.93. The number of oxime groups is 1. The summed E-state index contributed by atoms with van der Waals surface area (Å²) in [6.45, 7) is 1.21. The third kappa shape index (κ3) is 6.54. The van der Waals surface area contributed by atoms with E-state index in [1.807, 2.05) is 36.6 Å². The molecule has 4 rings (SSSR count). The predicted octanol–water partition coefficient (Wildman–Crippen LogP) is 4.68. The van der Waals surface area contributed by atoms with Gasteiger partial charge in [0.25, 0.3) is 0 Å². The number of rotatable bonds is 10. The fourth-order valence-corrected chi connectivity index (χ4v) is 4.58. The molecule has 0 atom stereocenters. The average molecular weight is 466 g/mol. The Labute approximate surface area is 199 Å². The number of hydrogen-bond donors (Lipinski definition) is 1. The van der Waals surface area contributed by atoms with Crippen LogP contribution in [-0.4, -0.2) is 43.7 Å². The number of tetrazole rings is 1. The molecule has 0 amide bonds. The monoisotopic (exact) mass is 465 g/mol. The van der Waals surface area contributed by atoms with Gasteiger partial charge in [0.1, 0.15) is 5.82 Å². The van der Waals surface area contributed by atoms with E-state index < -0.39 is 0 Å². The van der Waals surface area contributed by atoms with Crippen LogP contribution < -0.4 is 5.32 Å². The third-order valence-corrected chi connectivity index (χ3v) is 6.66. The van der Waals surface area contributed by atoms with Gasteiger partial charge in [0.05, 0.1) is 5.69 Å². The number of anilines is 1. The zero-order valence-electron chi connectivity index (χ0n) is 19.3. The van der Waals surface area contributed by atoms with Gasteiger partial charge in [0, 0.05) is 24.1 Å². The zero-order chi connectivity index (χ0) is 22.9. The summed E-state index contributed by atoms with van der Waals surface area (Å²) in [5.41, 5.74) is 2.29. The Kier molecular flexibility index (Phi) is 8.30. The molecule has 0 bridgehead atoms. The molecule has 174 valence electrons. The number of nitrogens with one attached hydrogen (secondary N) is 1. The van der Waals surface area contributed by atoms with Gasteiger partial charge in [-0.2, -0.15) is 0 Å². The van der Waals surface area contributed by atoms with Crippen molar-refractivity contribution in [3.8, 4) is 0 Å². The van der Waals surface area contributed by atoms with Gasteiger partial charge in [0.2, 0.25) is 5.82 Å². The van der Waals surface area contributed by atoms with Crippen molar-refractivity contribution in [2.45, 2.75) is 50.0 Å². The fourth-order valence-electron chi connectivity index (χ4n) is 4.12. The summed E-state index contributed by atoms with van der Waals surface area (Å²) in [5, 5.41) is 19.7. The van der Waals surface area contributed by atoms with Crippen LogP contribution in [0.3, 0.4) is 0 Å². The maximum absolute atomic E-state index is 5.73. The first-order valence-corrected chi connectivity index (χ1v) is 12.7. The summed E-state index contributed by atoms with van der Waals surface area (Å²) in [7, 11) is 1.79. The molecule has 0 unspecified atom stereocenters. The quantitative estimate of drug-likeness (QED) is 0.264. The summed E-state index contributed by atoms with van der Waals surface area (Å²) in [6.07, 6.45) is 10.1. The highest BCUT2D eigenvalue weighted by Crippen LogP contribution is 2.26. The van der Waals surface area contributed by atoms with E-state index in [0.29, 0.717) is 11.5 Å². The van der Waals surface area contributed by atoms with E-state index in [1.165, 1.54) is 38.5 Å². The normalized spacial score (nSPS) is 14.9. The van der Waals surface area contributed by atoms with E-state index in [1.54, 1.807) is 23.5 Å². The van der Waals surface area contributed by atoms with Crippen LogP contribution in [0.15, 0.2) is 52.5 Å². The van der Waals surface area contributed by atoms with E-state index in [2.05, 4.69) is 43.1 Å². The Morgan fingerprint density at radius 1 is 1.18 bits per heavy atom. The Hall–Kier alpha value is -2.94. The van der Waals surface area contributed by atoms with Gasteiger partial charge in [-0.15, -0.1) is 16.9 Å². The number of nitrogens with zero attached hydrogens (tertiary/aromatic N) is 6. The van der Waals surface area contributed by atoms with Crippen molar-refractivity contribution in [2.24, 2.45) is 18.1 Å². The number of thioether (sulfide) groups is 1. The molecule has 0 aliphatic heterocycles. The fraction of sp³-hybridized carbons (Fsp3) is 0.458. The Morgan fingerprint density at radius 2 is 2.03 bits per heavy atom. The number of aromatic nitrogens is 5. The van der Waals surface area contributed by atoms with Crippen LogP contribution in [0.4, 0.5) is 5.82 Å². The molecular formula is C24H31N7OS. The number of benzene rings is 1. The second-order valence-electron chi connectivity index (χ2n) is 8.31. The van der Waals surface area contributed by atoms with Crippen molar-refractivity contribution < 1.29 is 4.84 Å². The minimum absolute atomic E-state index is 0.259. The minimum Gasteiger partial charge on any atom is -0.389 e.